The molecule has 31 heavy (non-hydrogen) atoms. The van der Waals surface area contributed by atoms with Crippen LogP contribution in [-0.2, 0) is 11.3 Å². The summed E-state index contributed by atoms with van der Waals surface area (Å²) in [6.07, 6.45) is 1.80. The van der Waals surface area contributed by atoms with Gasteiger partial charge in [-0.25, -0.2) is 0 Å². The Kier molecular flexibility index (Phi) is 6.62. The number of nitrogens with one attached hydrogen (secondary N) is 1. The number of halogens is 1. The number of ketones is 1. The molecule has 2 aromatic carbocycles. The summed E-state index contributed by atoms with van der Waals surface area (Å²) < 4.78 is 6.30. The van der Waals surface area contributed by atoms with E-state index in [0.29, 0.717) is 30.0 Å². The average Bonchev–Trinajstić information content (AvgIpc) is 2.70. The van der Waals surface area contributed by atoms with Crippen molar-refractivity contribution in [2.75, 3.05) is 18.4 Å². The minimum atomic E-state index is -0.494. The number of Topliss-reactive ketones (excluding diaryl/α,β-unsaturated/α-hetero) is 1. The lowest BCUT2D eigenvalue weighted by molar-refractivity contribution is -0.384. The van der Waals surface area contributed by atoms with E-state index in [1.165, 1.54) is 19.1 Å². The van der Waals surface area contributed by atoms with Gasteiger partial charge < -0.3 is 10.1 Å². The summed E-state index contributed by atoms with van der Waals surface area (Å²) in [6.45, 7) is 3.70. The number of hydrogen-bond donors (Lipinski definition) is 1. The molecule has 4 rings (SSSR count). The molecule has 2 aliphatic rings. The van der Waals surface area contributed by atoms with Gasteiger partial charge in [-0.1, -0.05) is 12.1 Å². The molecule has 1 spiro atoms. The molecule has 1 amide bonds. The van der Waals surface area contributed by atoms with Gasteiger partial charge in [-0.2, -0.15) is 0 Å². The van der Waals surface area contributed by atoms with Crippen molar-refractivity contribution in [3.63, 3.8) is 0 Å². The number of rotatable bonds is 4. The minimum absolute atomic E-state index is 0. The van der Waals surface area contributed by atoms with Crippen molar-refractivity contribution in [3.8, 4) is 5.75 Å². The van der Waals surface area contributed by atoms with Gasteiger partial charge >= 0.3 is 0 Å². The van der Waals surface area contributed by atoms with Gasteiger partial charge in [0, 0.05) is 57.2 Å². The SMILES string of the molecule is CC(=O)Nc1ccc2c(c1)C(=O)CC1(CCN(Cc3ccc([N+](=O)[O-])cc3)CC1)O2.Cl. The van der Waals surface area contributed by atoms with Crippen LogP contribution in [-0.4, -0.2) is 40.2 Å². The molecule has 8 nitrogen and oxygen atoms in total. The monoisotopic (exact) mass is 445 g/mol. The maximum atomic E-state index is 12.8. The van der Waals surface area contributed by atoms with Crippen LogP contribution in [0.25, 0.3) is 0 Å². The third-order valence-electron chi connectivity index (χ3n) is 5.73. The number of carbonyl (C=O) groups is 2. The largest absolute Gasteiger partial charge is 0.486 e. The Morgan fingerprint density at radius 1 is 1.19 bits per heavy atom. The molecule has 0 saturated carbocycles. The van der Waals surface area contributed by atoms with Gasteiger partial charge in [0.25, 0.3) is 5.69 Å². The molecule has 0 unspecified atom stereocenters. The number of ether oxygens (including phenoxy) is 1. The number of nitro benzene ring substituents is 1. The fourth-order valence-corrected chi connectivity index (χ4v) is 4.15. The van der Waals surface area contributed by atoms with Crippen LogP contribution >= 0.6 is 12.4 Å². The molecule has 1 saturated heterocycles. The fraction of sp³-hybridized carbons (Fsp3) is 0.364. The highest BCUT2D eigenvalue weighted by Crippen LogP contribution is 2.40. The Morgan fingerprint density at radius 2 is 1.87 bits per heavy atom. The molecule has 164 valence electrons. The Balaban J connectivity index is 0.00000272. The third kappa shape index (κ3) is 5.03. The molecule has 0 aromatic heterocycles. The van der Waals surface area contributed by atoms with Crippen LogP contribution < -0.4 is 10.1 Å². The number of likely N-dealkylation sites (tertiary alicyclic amines) is 1. The van der Waals surface area contributed by atoms with Crippen molar-refractivity contribution in [1.29, 1.82) is 0 Å². The number of piperidine rings is 1. The topological polar surface area (TPSA) is 102 Å². The van der Waals surface area contributed by atoms with Gasteiger partial charge in [-0.15, -0.1) is 12.4 Å². The van der Waals surface area contributed by atoms with E-state index in [4.69, 9.17) is 4.74 Å². The lowest BCUT2D eigenvalue weighted by Crippen LogP contribution is -2.50. The van der Waals surface area contributed by atoms with E-state index in [-0.39, 0.29) is 29.8 Å². The summed E-state index contributed by atoms with van der Waals surface area (Å²) in [5.74, 6) is 0.424. The number of nitrogens with zero attached hydrogens (tertiary/aromatic N) is 2. The first-order valence-electron chi connectivity index (χ1n) is 9.93. The van der Waals surface area contributed by atoms with Crippen molar-refractivity contribution >= 4 is 35.5 Å². The van der Waals surface area contributed by atoms with Gasteiger partial charge in [0.1, 0.15) is 11.4 Å². The molecule has 2 heterocycles. The second-order valence-electron chi connectivity index (χ2n) is 7.98. The zero-order chi connectivity index (χ0) is 21.3. The number of nitro groups is 1. The highest BCUT2D eigenvalue weighted by atomic mass is 35.5. The van der Waals surface area contributed by atoms with Crippen molar-refractivity contribution < 1.29 is 19.2 Å². The van der Waals surface area contributed by atoms with Gasteiger partial charge in [0.2, 0.25) is 5.91 Å². The van der Waals surface area contributed by atoms with E-state index in [1.807, 2.05) is 0 Å². The number of carbonyl (C=O) groups excluding carboxylic acids is 2. The highest BCUT2D eigenvalue weighted by molar-refractivity contribution is 6.02. The molecule has 1 fully saturated rings. The van der Waals surface area contributed by atoms with Crippen LogP contribution in [0.1, 0.15) is 42.1 Å². The van der Waals surface area contributed by atoms with Crippen LogP contribution in [0.15, 0.2) is 42.5 Å². The molecule has 9 heteroatoms. The number of non-ortho nitro benzene ring substituents is 1. The third-order valence-corrected chi connectivity index (χ3v) is 5.73. The summed E-state index contributed by atoms with van der Waals surface area (Å²) in [7, 11) is 0. The predicted octanol–water partition coefficient (Wildman–Crippen LogP) is 3.98. The van der Waals surface area contributed by atoms with Gasteiger partial charge in [-0.05, 0) is 23.8 Å². The lowest BCUT2D eigenvalue weighted by atomic mass is 9.82. The number of fused-ring (bicyclic) bond motifs is 1. The molecule has 0 bridgehead atoms. The van der Waals surface area contributed by atoms with Crippen molar-refractivity contribution in [2.24, 2.45) is 0 Å². The van der Waals surface area contributed by atoms with Crippen molar-refractivity contribution in [3.05, 3.63) is 63.7 Å². The zero-order valence-electron chi connectivity index (χ0n) is 17.1. The molecule has 0 radical (unpaired) electrons. The van der Waals surface area contributed by atoms with Crippen molar-refractivity contribution in [2.45, 2.75) is 38.3 Å². The van der Waals surface area contributed by atoms with Crippen LogP contribution in [0.2, 0.25) is 0 Å². The van der Waals surface area contributed by atoms with Crippen LogP contribution in [0.4, 0.5) is 11.4 Å². The Bertz CT molecular complexity index is 1000. The van der Waals surface area contributed by atoms with Gasteiger partial charge in [0.05, 0.1) is 16.9 Å². The average molecular weight is 446 g/mol. The van der Waals surface area contributed by atoms with Crippen LogP contribution in [0.3, 0.4) is 0 Å². The Morgan fingerprint density at radius 3 is 2.48 bits per heavy atom. The standard InChI is InChI=1S/C22H23N3O5.ClH/c1-15(26)23-17-4-7-21-19(12-17)20(27)13-22(30-21)8-10-24(11-9-22)14-16-2-5-18(6-3-16)25(28)29;/h2-7,12H,8-11,13-14H2,1H3,(H,23,26);1H. The first-order valence-corrected chi connectivity index (χ1v) is 9.93. The molecule has 1 N–H and O–H groups in total. The Hall–Kier alpha value is -2.97. The fourth-order valence-electron chi connectivity index (χ4n) is 4.15. The van der Waals surface area contributed by atoms with Gasteiger partial charge in [-0.3, -0.25) is 24.6 Å². The number of benzene rings is 2. The lowest BCUT2D eigenvalue weighted by Gasteiger charge is -2.44. The first-order chi connectivity index (χ1) is 14.3. The molecule has 0 atom stereocenters. The summed E-state index contributed by atoms with van der Waals surface area (Å²) in [5, 5.41) is 13.5. The zero-order valence-corrected chi connectivity index (χ0v) is 17.9. The Labute approximate surface area is 186 Å². The summed E-state index contributed by atoms with van der Waals surface area (Å²) >= 11 is 0. The van der Waals surface area contributed by atoms with Crippen LogP contribution in [0.5, 0.6) is 5.75 Å². The van der Waals surface area contributed by atoms with Crippen LogP contribution in [0, 0.1) is 10.1 Å². The smallest absolute Gasteiger partial charge is 0.269 e. The maximum absolute atomic E-state index is 12.8. The van der Waals surface area contributed by atoms with E-state index < -0.39 is 10.5 Å². The summed E-state index contributed by atoms with van der Waals surface area (Å²) in [6, 6.07) is 11.8. The quantitative estimate of drug-likeness (QED) is 0.564. The predicted molar refractivity (Wildman–Crippen MR) is 118 cm³/mol. The van der Waals surface area contributed by atoms with E-state index in [1.54, 1.807) is 30.3 Å². The molecular formula is C22H24ClN3O5. The van der Waals surface area contributed by atoms with Gasteiger partial charge in [0.15, 0.2) is 5.78 Å². The molecule has 2 aliphatic heterocycles. The number of amides is 1. The minimum Gasteiger partial charge on any atom is -0.486 e. The molecular weight excluding hydrogens is 422 g/mol. The normalized spacial score (nSPS) is 17.3. The second kappa shape index (κ2) is 9.03. The first kappa shape index (κ1) is 22.7. The molecule has 0 aliphatic carbocycles. The van der Waals surface area contributed by atoms with E-state index in [0.717, 1.165) is 31.5 Å². The highest BCUT2D eigenvalue weighted by Gasteiger charge is 2.42. The number of hydrogen-bond acceptors (Lipinski definition) is 6. The molecule has 2 aromatic rings. The summed E-state index contributed by atoms with van der Waals surface area (Å²) in [5.41, 5.74) is 1.72. The van der Waals surface area contributed by atoms with E-state index in [2.05, 4.69) is 10.2 Å². The maximum Gasteiger partial charge on any atom is 0.269 e. The van der Waals surface area contributed by atoms with E-state index >= 15 is 0 Å². The summed E-state index contributed by atoms with van der Waals surface area (Å²) in [4.78, 5) is 36.7. The van der Waals surface area contributed by atoms with Crippen molar-refractivity contribution in [1.82, 2.24) is 4.90 Å². The second-order valence-corrected chi connectivity index (χ2v) is 7.98. The number of anilines is 1. The van der Waals surface area contributed by atoms with E-state index in [9.17, 15) is 19.7 Å².